The first-order valence-corrected chi connectivity index (χ1v) is 5.57. The molecule has 0 aromatic heterocycles. The number of carbonyl (C=O) groups is 1. The third-order valence-corrected chi connectivity index (χ3v) is 1.01. The van der Waals surface area contributed by atoms with Crippen LogP contribution in [0.1, 0.15) is 0 Å². The lowest BCUT2D eigenvalue weighted by atomic mass is 10.8. The number of rotatable bonds is 5. The van der Waals surface area contributed by atoms with E-state index in [0.717, 1.165) is 0 Å². The van der Waals surface area contributed by atoms with Crippen LogP contribution >= 0.6 is 0 Å². The number of nitrogens with two attached hydrogens (primary N) is 2. The first-order chi connectivity index (χ1) is 7.74. The Morgan fingerprint density at radius 1 is 1.12 bits per heavy atom. The minimum Gasteiger partial charge on any atom is -0.479 e. The molecule has 0 unspecified atom stereocenters. The highest BCUT2D eigenvalue weighted by molar-refractivity contribution is 7.80. The van der Waals surface area contributed by atoms with Crippen LogP contribution < -0.4 is 11.5 Å². The van der Waals surface area contributed by atoms with E-state index in [1.165, 1.54) is 0 Å². The molecule has 0 spiro atoms. The molecule has 0 heterocycles. The summed E-state index contributed by atoms with van der Waals surface area (Å²) in [6.07, 6.45) is 0. The molecule has 11 heteroatoms. The van der Waals surface area contributed by atoms with Gasteiger partial charge in [0, 0.05) is 13.1 Å². The zero-order valence-corrected chi connectivity index (χ0v) is 9.84. The third kappa shape index (κ3) is 51.2. The lowest BCUT2D eigenvalue weighted by Gasteiger charge is -1.91. The molecule has 0 amide bonds. The second kappa shape index (κ2) is 15.2. The fraction of sp³-hybridized carbons (Fsp3) is 0.833. The molecule has 0 aromatic rings. The van der Waals surface area contributed by atoms with E-state index < -0.39 is 23.0 Å². The number of aliphatic carboxylic acids is 1. The largest absolute Gasteiger partial charge is 0.479 e. The van der Waals surface area contributed by atoms with E-state index >= 15 is 0 Å². The molecule has 106 valence electrons. The van der Waals surface area contributed by atoms with Crippen LogP contribution in [-0.4, -0.2) is 67.2 Å². The first-order valence-electron chi connectivity index (χ1n) is 4.20. The summed E-state index contributed by atoms with van der Waals surface area (Å²) in [4.78, 5) is 9.55. The van der Waals surface area contributed by atoms with Crippen molar-refractivity contribution in [3.8, 4) is 0 Å². The highest BCUT2D eigenvalue weighted by Gasteiger charge is 2.06. The minimum atomic E-state index is -4.60. The van der Waals surface area contributed by atoms with Gasteiger partial charge in [0.15, 0.2) is 6.61 Å². The van der Waals surface area contributed by atoms with Crippen LogP contribution in [0.5, 0.6) is 0 Å². The summed E-state index contributed by atoms with van der Waals surface area (Å²) in [6, 6.07) is 0. The number of aliphatic hydroxyl groups is 2. The Morgan fingerprint density at radius 3 is 1.47 bits per heavy atom. The summed E-state index contributed by atoms with van der Waals surface area (Å²) < 4.78 is 30.4. The Kier molecular flexibility index (Phi) is 19.2. The topological polar surface area (TPSA) is 193 Å². The molecule has 0 rings (SSSR count). The fourth-order valence-electron chi connectivity index (χ4n) is 0.125. The minimum absolute atomic E-state index is 0.0972. The van der Waals surface area contributed by atoms with Crippen molar-refractivity contribution in [2.24, 2.45) is 11.5 Å². The quantitative estimate of drug-likeness (QED) is 0.278. The van der Waals surface area contributed by atoms with E-state index in [9.17, 15) is 13.2 Å². The number of carboxylic acid groups (broad SMARTS) is 1. The maximum absolute atomic E-state index is 9.61. The Balaban J connectivity index is -0.000000205. The van der Waals surface area contributed by atoms with E-state index in [4.69, 9.17) is 31.3 Å². The van der Waals surface area contributed by atoms with Crippen molar-refractivity contribution < 1.29 is 37.3 Å². The van der Waals surface area contributed by atoms with E-state index in [0.29, 0.717) is 13.1 Å². The molecule has 0 saturated carbocycles. The van der Waals surface area contributed by atoms with Crippen LogP contribution in [0, 0.1) is 0 Å². The van der Waals surface area contributed by atoms with Crippen LogP contribution in [0.3, 0.4) is 0 Å². The standard InChI is InChI=1S/2C2H7NO.C2H4O6S/c2*3-1-2-4;3-2(4)1-8-9(5,6)7/h2*4H,1-3H2;1H2,(H,3,4)(H,5,6,7). The molecule has 10 nitrogen and oxygen atoms in total. The SMILES string of the molecule is NCCO.NCCO.O=C(O)COS(=O)(=O)O. The predicted molar refractivity (Wildman–Crippen MR) is 57.4 cm³/mol. The van der Waals surface area contributed by atoms with Gasteiger partial charge in [0.2, 0.25) is 0 Å². The molecule has 0 aliphatic carbocycles. The summed E-state index contributed by atoms with van der Waals surface area (Å²) in [5, 5.41) is 23.3. The van der Waals surface area contributed by atoms with Crippen LogP contribution in [-0.2, 0) is 19.4 Å². The molecule has 0 aliphatic rings. The maximum Gasteiger partial charge on any atom is 0.397 e. The summed E-state index contributed by atoms with van der Waals surface area (Å²) in [5.41, 5.74) is 9.56. The van der Waals surface area contributed by atoms with E-state index in [1.54, 1.807) is 0 Å². The average molecular weight is 278 g/mol. The van der Waals surface area contributed by atoms with Crippen LogP contribution in [0.4, 0.5) is 0 Å². The van der Waals surface area contributed by atoms with Gasteiger partial charge in [-0.15, -0.1) is 0 Å². The molecule has 0 fully saturated rings. The van der Waals surface area contributed by atoms with Crippen molar-refractivity contribution in [3.63, 3.8) is 0 Å². The fourth-order valence-corrected chi connectivity index (χ4v) is 0.375. The average Bonchev–Trinajstić information content (AvgIpc) is 2.26. The van der Waals surface area contributed by atoms with Crippen LogP contribution in [0.15, 0.2) is 0 Å². The summed E-state index contributed by atoms with van der Waals surface area (Å²) in [6.45, 7) is -0.112. The number of hydrogen-bond donors (Lipinski definition) is 6. The Bertz CT molecular complexity index is 247. The van der Waals surface area contributed by atoms with Crippen molar-refractivity contribution in [2.75, 3.05) is 32.9 Å². The molecule has 0 aromatic carbocycles. The molecule has 8 N–H and O–H groups in total. The summed E-state index contributed by atoms with van der Waals surface area (Å²) in [5.74, 6) is -1.47. The molecular formula is C6H18N2O8S. The van der Waals surface area contributed by atoms with Gasteiger partial charge in [-0.3, -0.25) is 4.55 Å². The number of hydrogen-bond acceptors (Lipinski definition) is 8. The van der Waals surface area contributed by atoms with Crippen molar-refractivity contribution in [1.29, 1.82) is 0 Å². The third-order valence-electron chi connectivity index (χ3n) is 0.590. The van der Waals surface area contributed by atoms with Gasteiger partial charge in [-0.1, -0.05) is 0 Å². The van der Waals surface area contributed by atoms with Gasteiger partial charge in [-0.05, 0) is 0 Å². The highest BCUT2D eigenvalue weighted by atomic mass is 32.3. The number of aliphatic hydroxyl groups excluding tert-OH is 2. The zero-order valence-electron chi connectivity index (χ0n) is 9.02. The summed E-state index contributed by atoms with van der Waals surface area (Å²) in [7, 11) is -4.60. The Morgan fingerprint density at radius 2 is 1.41 bits per heavy atom. The zero-order chi connectivity index (χ0) is 14.3. The second-order valence-electron chi connectivity index (χ2n) is 2.11. The van der Waals surface area contributed by atoms with Crippen molar-refractivity contribution in [1.82, 2.24) is 0 Å². The van der Waals surface area contributed by atoms with Gasteiger partial charge >= 0.3 is 16.4 Å². The molecule has 0 radical (unpaired) electrons. The van der Waals surface area contributed by atoms with Crippen LogP contribution in [0.25, 0.3) is 0 Å². The lowest BCUT2D eigenvalue weighted by molar-refractivity contribution is -0.139. The molecule has 0 aliphatic heterocycles. The van der Waals surface area contributed by atoms with Gasteiger partial charge in [0.25, 0.3) is 0 Å². The normalized spacial score (nSPS) is 9.47. The highest BCUT2D eigenvalue weighted by Crippen LogP contribution is 1.83. The van der Waals surface area contributed by atoms with Crippen molar-refractivity contribution in [2.45, 2.75) is 0 Å². The van der Waals surface area contributed by atoms with Gasteiger partial charge in [0.05, 0.1) is 13.2 Å². The van der Waals surface area contributed by atoms with Crippen molar-refractivity contribution in [3.05, 3.63) is 0 Å². The van der Waals surface area contributed by atoms with E-state index in [2.05, 4.69) is 4.18 Å². The Labute approximate surface area is 98.8 Å². The summed E-state index contributed by atoms with van der Waals surface area (Å²) >= 11 is 0. The number of carboxylic acids is 1. The monoisotopic (exact) mass is 278 g/mol. The van der Waals surface area contributed by atoms with Gasteiger partial charge in [-0.25, -0.2) is 8.98 Å². The first kappa shape index (κ1) is 21.5. The van der Waals surface area contributed by atoms with Crippen molar-refractivity contribution >= 4 is 16.4 Å². The van der Waals surface area contributed by atoms with E-state index in [-0.39, 0.29) is 13.2 Å². The molecule has 0 saturated heterocycles. The van der Waals surface area contributed by atoms with Gasteiger partial charge in [0.1, 0.15) is 0 Å². The van der Waals surface area contributed by atoms with Gasteiger partial charge < -0.3 is 26.8 Å². The maximum atomic E-state index is 9.61. The molecular weight excluding hydrogens is 260 g/mol. The molecule has 0 bridgehead atoms. The Hall–Kier alpha value is -0.820. The van der Waals surface area contributed by atoms with Crippen LogP contribution in [0.2, 0.25) is 0 Å². The van der Waals surface area contributed by atoms with E-state index in [1.807, 2.05) is 0 Å². The van der Waals surface area contributed by atoms with Gasteiger partial charge in [-0.2, -0.15) is 8.42 Å². The predicted octanol–water partition coefficient (Wildman–Crippen LogP) is -3.23. The molecule has 0 atom stereocenters. The smallest absolute Gasteiger partial charge is 0.397 e. The molecule has 17 heavy (non-hydrogen) atoms. The lowest BCUT2D eigenvalue weighted by Crippen LogP contribution is -2.12. The second-order valence-corrected chi connectivity index (χ2v) is 3.20.